The fourth-order valence-corrected chi connectivity index (χ4v) is 1.47. The highest BCUT2D eigenvalue weighted by Gasteiger charge is 2.07. The lowest BCUT2D eigenvalue weighted by Gasteiger charge is -2.13. The lowest BCUT2D eigenvalue weighted by atomic mass is 10.1. The minimum absolute atomic E-state index is 0.305. The Morgan fingerprint density at radius 2 is 2.12 bits per heavy atom. The highest BCUT2D eigenvalue weighted by Crippen LogP contribution is 2.17. The molecule has 0 spiro atoms. The topological polar surface area (TPSA) is 41.6 Å². The van der Waals surface area contributed by atoms with E-state index in [-0.39, 0.29) is 5.97 Å². The van der Waals surface area contributed by atoms with E-state index in [1.165, 1.54) is 7.11 Å². The van der Waals surface area contributed by atoms with E-state index in [0.29, 0.717) is 5.56 Å². The molecule has 0 fully saturated rings. The second-order valence-electron chi connectivity index (χ2n) is 4.25. The Morgan fingerprint density at radius 3 is 2.71 bits per heavy atom. The SMILES string of the molecule is COC(=O)c1ccc(C)c(NCCN(C)C)c1. The van der Waals surface area contributed by atoms with Crippen molar-refractivity contribution in [2.24, 2.45) is 0 Å². The summed E-state index contributed by atoms with van der Waals surface area (Å²) in [5.41, 5.74) is 2.68. The van der Waals surface area contributed by atoms with Gasteiger partial charge in [0, 0.05) is 18.8 Å². The number of benzene rings is 1. The summed E-state index contributed by atoms with van der Waals surface area (Å²) in [6.07, 6.45) is 0. The van der Waals surface area contributed by atoms with Crippen LogP contribution < -0.4 is 5.32 Å². The van der Waals surface area contributed by atoms with Gasteiger partial charge in [-0.3, -0.25) is 0 Å². The molecule has 17 heavy (non-hydrogen) atoms. The number of hydrogen-bond donors (Lipinski definition) is 1. The second kappa shape index (κ2) is 6.25. The van der Waals surface area contributed by atoms with Gasteiger partial charge in [-0.05, 0) is 38.7 Å². The summed E-state index contributed by atoms with van der Waals surface area (Å²) in [5, 5.41) is 3.31. The summed E-state index contributed by atoms with van der Waals surface area (Å²) in [5.74, 6) is -0.305. The Balaban J connectivity index is 2.73. The van der Waals surface area contributed by atoms with Crippen molar-refractivity contribution in [2.75, 3.05) is 39.6 Å². The molecule has 0 aliphatic heterocycles. The van der Waals surface area contributed by atoms with Gasteiger partial charge in [0.05, 0.1) is 12.7 Å². The number of rotatable bonds is 5. The summed E-state index contributed by atoms with van der Waals surface area (Å²) in [4.78, 5) is 13.5. The van der Waals surface area contributed by atoms with Crippen molar-refractivity contribution in [3.05, 3.63) is 29.3 Å². The fourth-order valence-electron chi connectivity index (χ4n) is 1.47. The van der Waals surface area contributed by atoms with E-state index >= 15 is 0 Å². The number of esters is 1. The number of hydrogen-bond acceptors (Lipinski definition) is 4. The van der Waals surface area contributed by atoms with E-state index < -0.39 is 0 Å². The van der Waals surface area contributed by atoms with Gasteiger partial charge in [0.1, 0.15) is 0 Å². The van der Waals surface area contributed by atoms with Gasteiger partial charge < -0.3 is 15.0 Å². The van der Waals surface area contributed by atoms with E-state index in [1.54, 1.807) is 6.07 Å². The first-order valence-corrected chi connectivity index (χ1v) is 5.62. The van der Waals surface area contributed by atoms with Crippen molar-refractivity contribution in [3.8, 4) is 0 Å². The number of ether oxygens (including phenoxy) is 1. The highest BCUT2D eigenvalue weighted by molar-refractivity contribution is 5.90. The quantitative estimate of drug-likeness (QED) is 0.791. The van der Waals surface area contributed by atoms with E-state index in [2.05, 4.69) is 10.2 Å². The third kappa shape index (κ3) is 4.07. The third-order valence-corrected chi connectivity index (χ3v) is 2.53. The molecule has 4 heteroatoms. The van der Waals surface area contributed by atoms with Crippen LogP contribution in [0.15, 0.2) is 18.2 Å². The predicted octanol–water partition coefficient (Wildman–Crippen LogP) is 1.76. The Hall–Kier alpha value is -1.55. The lowest BCUT2D eigenvalue weighted by Crippen LogP contribution is -2.21. The number of aryl methyl sites for hydroxylation is 1. The average Bonchev–Trinajstić information content (AvgIpc) is 2.30. The van der Waals surface area contributed by atoms with Crippen LogP contribution >= 0.6 is 0 Å². The van der Waals surface area contributed by atoms with Crippen molar-refractivity contribution in [1.82, 2.24) is 4.90 Å². The molecule has 0 saturated heterocycles. The number of likely N-dealkylation sites (N-methyl/N-ethyl adjacent to an activating group) is 1. The summed E-state index contributed by atoms with van der Waals surface area (Å²) in [7, 11) is 5.44. The number of anilines is 1. The number of nitrogens with zero attached hydrogens (tertiary/aromatic N) is 1. The molecule has 0 aromatic heterocycles. The molecule has 0 atom stereocenters. The maximum absolute atomic E-state index is 11.4. The molecule has 1 N–H and O–H groups in total. The molecular formula is C13H20N2O2. The molecule has 0 bridgehead atoms. The molecular weight excluding hydrogens is 216 g/mol. The number of carbonyl (C=O) groups excluding carboxylic acids is 1. The normalized spacial score (nSPS) is 10.4. The number of methoxy groups -OCH3 is 1. The van der Waals surface area contributed by atoms with Gasteiger partial charge in [0.2, 0.25) is 0 Å². The van der Waals surface area contributed by atoms with E-state index in [0.717, 1.165) is 24.3 Å². The molecule has 1 aromatic carbocycles. The Kier molecular flexibility index (Phi) is 4.97. The highest BCUT2D eigenvalue weighted by atomic mass is 16.5. The van der Waals surface area contributed by atoms with Crippen LogP contribution in [0.4, 0.5) is 5.69 Å². The van der Waals surface area contributed by atoms with Crippen LogP contribution in [0.2, 0.25) is 0 Å². The van der Waals surface area contributed by atoms with Gasteiger partial charge in [-0.1, -0.05) is 6.07 Å². The predicted molar refractivity (Wildman–Crippen MR) is 69.6 cm³/mol. The third-order valence-electron chi connectivity index (χ3n) is 2.53. The zero-order valence-corrected chi connectivity index (χ0v) is 10.9. The Morgan fingerprint density at radius 1 is 1.41 bits per heavy atom. The van der Waals surface area contributed by atoms with Crippen LogP contribution in [0, 0.1) is 6.92 Å². The maximum atomic E-state index is 11.4. The first kappa shape index (κ1) is 13.5. The zero-order chi connectivity index (χ0) is 12.8. The molecule has 0 aliphatic rings. The van der Waals surface area contributed by atoms with Gasteiger partial charge in [-0.2, -0.15) is 0 Å². The molecule has 94 valence electrons. The molecule has 1 rings (SSSR count). The number of nitrogens with one attached hydrogen (secondary N) is 1. The van der Waals surface area contributed by atoms with Gasteiger partial charge in [0.15, 0.2) is 0 Å². The Bertz CT molecular complexity index is 389. The van der Waals surface area contributed by atoms with Crippen molar-refractivity contribution >= 4 is 11.7 Å². The molecule has 0 radical (unpaired) electrons. The summed E-state index contributed by atoms with van der Waals surface area (Å²) < 4.78 is 4.70. The largest absolute Gasteiger partial charge is 0.465 e. The molecule has 0 aliphatic carbocycles. The van der Waals surface area contributed by atoms with Gasteiger partial charge in [0.25, 0.3) is 0 Å². The van der Waals surface area contributed by atoms with Crippen molar-refractivity contribution < 1.29 is 9.53 Å². The smallest absolute Gasteiger partial charge is 0.337 e. The van der Waals surface area contributed by atoms with Gasteiger partial charge in [-0.25, -0.2) is 4.79 Å². The van der Waals surface area contributed by atoms with Crippen molar-refractivity contribution in [1.29, 1.82) is 0 Å². The lowest BCUT2D eigenvalue weighted by molar-refractivity contribution is 0.0601. The van der Waals surface area contributed by atoms with Gasteiger partial charge in [-0.15, -0.1) is 0 Å². The summed E-state index contributed by atoms with van der Waals surface area (Å²) in [6, 6.07) is 5.53. The molecule has 0 unspecified atom stereocenters. The molecule has 1 aromatic rings. The molecule has 0 saturated carbocycles. The fraction of sp³-hybridized carbons (Fsp3) is 0.462. The van der Waals surface area contributed by atoms with Crippen LogP contribution in [0.5, 0.6) is 0 Å². The maximum Gasteiger partial charge on any atom is 0.337 e. The minimum Gasteiger partial charge on any atom is -0.465 e. The van der Waals surface area contributed by atoms with Crippen LogP contribution in [0.3, 0.4) is 0 Å². The number of carbonyl (C=O) groups is 1. The monoisotopic (exact) mass is 236 g/mol. The van der Waals surface area contributed by atoms with Gasteiger partial charge >= 0.3 is 5.97 Å². The van der Waals surface area contributed by atoms with Crippen molar-refractivity contribution in [3.63, 3.8) is 0 Å². The second-order valence-corrected chi connectivity index (χ2v) is 4.25. The molecule has 0 amide bonds. The first-order chi connectivity index (χ1) is 8.04. The summed E-state index contributed by atoms with van der Waals surface area (Å²) >= 11 is 0. The average molecular weight is 236 g/mol. The zero-order valence-electron chi connectivity index (χ0n) is 10.9. The van der Waals surface area contributed by atoms with Crippen LogP contribution in [-0.2, 0) is 4.74 Å². The minimum atomic E-state index is -0.305. The van der Waals surface area contributed by atoms with Crippen LogP contribution in [-0.4, -0.2) is 45.2 Å². The summed E-state index contributed by atoms with van der Waals surface area (Å²) in [6.45, 7) is 3.80. The van der Waals surface area contributed by atoms with Crippen molar-refractivity contribution in [2.45, 2.75) is 6.92 Å². The standard InChI is InChI=1S/C13H20N2O2/c1-10-5-6-11(13(16)17-4)9-12(10)14-7-8-15(2)3/h5-6,9,14H,7-8H2,1-4H3. The van der Waals surface area contributed by atoms with E-state index in [4.69, 9.17) is 4.74 Å². The van der Waals surface area contributed by atoms with Crippen LogP contribution in [0.1, 0.15) is 15.9 Å². The van der Waals surface area contributed by atoms with Crippen LogP contribution in [0.25, 0.3) is 0 Å². The van der Waals surface area contributed by atoms with E-state index in [1.807, 2.05) is 33.2 Å². The van der Waals surface area contributed by atoms with E-state index in [9.17, 15) is 4.79 Å². The molecule has 4 nitrogen and oxygen atoms in total. The first-order valence-electron chi connectivity index (χ1n) is 5.62. The molecule has 0 heterocycles. The Labute approximate surface area is 103 Å².